The lowest BCUT2D eigenvalue weighted by Crippen LogP contribution is -2.27. The number of halogens is 1. The first kappa shape index (κ1) is 14.3. The molecule has 0 aliphatic heterocycles. The number of carbonyl (C=O) groups is 1. The average molecular weight is 278 g/mol. The molecule has 0 radical (unpaired) electrons. The van der Waals surface area contributed by atoms with Crippen molar-refractivity contribution in [3.05, 3.63) is 23.8 Å². The fourth-order valence-corrected chi connectivity index (χ4v) is 2.48. The summed E-state index contributed by atoms with van der Waals surface area (Å²) in [5.41, 5.74) is 2.11. The zero-order chi connectivity index (χ0) is 13.1. The Bertz CT molecular complexity index is 453. The van der Waals surface area contributed by atoms with Crippen LogP contribution < -0.4 is 4.72 Å². The summed E-state index contributed by atoms with van der Waals surface area (Å²) in [5, 5.41) is 0. The smallest absolute Gasteiger partial charge is 0.274 e. The van der Waals surface area contributed by atoms with Gasteiger partial charge >= 0.3 is 9.24 Å². The van der Waals surface area contributed by atoms with Crippen molar-refractivity contribution in [2.75, 3.05) is 0 Å². The van der Waals surface area contributed by atoms with E-state index in [4.69, 9.17) is 10.7 Å². The summed E-state index contributed by atoms with van der Waals surface area (Å²) >= 11 is 0. The molecule has 0 saturated heterocycles. The summed E-state index contributed by atoms with van der Waals surface area (Å²) in [7, 11) is 0.953. The van der Waals surface area contributed by atoms with Crippen LogP contribution >= 0.6 is 10.7 Å². The molecule has 1 unspecified atom stereocenters. The molecule has 0 aromatic carbocycles. The van der Waals surface area contributed by atoms with Crippen LogP contribution in [0.5, 0.6) is 0 Å². The van der Waals surface area contributed by atoms with Crippen LogP contribution in [0.3, 0.4) is 0 Å². The highest BCUT2D eigenvalue weighted by Crippen LogP contribution is 2.29. The van der Waals surface area contributed by atoms with Crippen molar-refractivity contribution in [3.63, 3.8) is 0 Å². The Kier molecular flexibility index (Phi) is 4.77. The highest BCUT2D eigenvalue weighted by Gasteiger charge is 2.18. The van der Waals surface area contributed by atoms with Gasteiger partial charge in [0.2, 0.25) is 5.91 Å². The Morgan fingerprint density at radius 1 is 1.65 bits per heavy atom. The fourth-order valence-electron chi connectivity index (χ4n) is 1.87. The summed E-state index contributed by atoms with van der Waals surface area (Å²) in [6, 6.07) is 0. The van der Waals surface area contributed by atoms with Crippen LogP contribution in [-0.4, -0.2) is 14.3 Å². The maximum Gasteiger partial charge on any atom is 0.321 e. The van der Waals surface area contributed by atoms with Gasteiger partial charge in [-0.1, -0.05) is 23.8 Å². The normalized spacial score (nSPS) is 20.6. The Balaban J connectivity index is 2.50. The van der Waals surface area contributed by atoms with Gasteiger partial charge in [0.1, 0.15) is 0 Å². The second kappa shape index (κ2) is 5.69. The lowest BCUT2D eigenvalue weighted by atomic mass is 9.84. The number of amides is 1. The molecule has 1 aliphatic carbocycles. The minimum Gasteiger partial charge on any atom is -0.274 e. The van der Waals surface area contributed by atoms with Gasteiger partial charge in [-0.05, 0) is 32.1 Å². The lowest BCUT2D eigenvalue weighted by Gasteiger charge is -2.21. The van der Waals surface area contributed by atoms with E-state index in [1.807, 2.05) is 13.0 Å². The second-order valence-corrected chi connectivity index (χ2v) is 6.62. The van der Waals surface area contributed by atoms with Gasteiger partial charge in [-0.3, -0.25) is 4.79 Å². The third-order valence-corrected chi connectivity index (χ3v) is 3.53. The van der Waals surface area contributed by atoms with Crippen molar-refractivity contribution < 1.29 is 13.2 Å². The summed E-state index contributed by atoms with van der Waals surface area (Å²) in [6.45, 7) is 5.90. The fraction of sp³-hybridized carbons (Fsp3) is 0.545. The van der Waals surface area contributed by atoms with E-state index in [-0.39, 0.29) is 6.42 Å². The van der Waals surface area contributed by atoms with Crippen LogP contribution in [0.15, 0.2) is 23.8 Å². The Hall–Kier alpha value is -0.810. The van der Waals surface area contributed by atoms with E-state index in [0.29, 0.717) is 5.92 Å². The van der Waals surface area contributed by atoms with E-state index >= 15 is 0 Å². The summed E-state index contributed by atoms with van der Waals surface area (Å²) in [5.74, 6) is -0.112. The molecular formula is C11H16ClNO3S. The zero-order valence-electron chi connectivity index (χ0n) is 9.70. The van der Waals surface area contributed by atoms with E-state index in [1.165, 1.54) is 0 Å². The van der Waals surface area contributed by atoms with E-state index in [1.54, 1.807) is 4.72 Å². The average Bonchev–Trinajstić information content (AvgIpc) is 2.15. The van der Waals surface area contributed by atoms with Gasteiger partial charge < -0.3 is 0 Å². The molecule has 6 heteroatoms. The van der Waals surface area contributed by atoms with E-state index < -0.39 is 15.1 Å². The molecule has 0 heterocycles. The van der Waals surface area contributed by atoms with Crippen molar-refractivity contribution >= 4 is 25.8 Å². The van der Waals surface area contributed by atoms with Crippen LogP contribution in [-0.2, 0) is 14.0 Å². The quantitative estimate of drug-likeness (QED) is 0.633. The van der Waals surface area contributed by atoms with Crippen LogP contribution in [0.25, 0.3) is 0 Å². The van der Waals surface area contributed by atoms with Gasteiger partial charge in [0.25, 0.3) is 0 Å². The molecule has 1 rings (SSSR count). The van der Waals surface area contributed by atoms with E-state index in [2.05, 4.69) is 6.58 Å². The first-order valence-corrected chi connectivity index (χ1v) is 7.67. The van der Waals surface area contributed by atoms with Gasteiger partial charge in [0, 0.05) is 17.1 Å². The number of carbonyl (C=O) groups excluding carboxylic acids is 1. The molecule has 1 N–H and O–H groups in total. The molecule has 0 fully saturated rings. The number of rotatable bonds is 4. The molecule has 0 saturated carbocycles. The predicted molar refractivity (Wildman–Crippen MR) is 67.8 cm³/mol. The SMILES string of the molecule is C=C(C)C1CC=C(CC(=O)NS(=O)(=O)Cl)CC1. The number of hydrogen-bond donors (Lipinski definition) is 1. The molecule has 0 aromatic rings. The minimum absolute atomic E-state index is 0.0921. The number of nitrogens with one attached hydrogen (secondary N) is 1. The Morgan fingerprint density at radius 2 is 2.29 bits per heavy atom. The van der Waals surface area contributed by atoms with Gasteiger partial charge in [-0.2, -0.15) is 8.42 Å². The van der Waals surface area contributed by atoms with Crippen molar-refractivity contribution in [1.82, 2.24) is 4.72 Å². The molecule has 17 heavy (non-hydrogen) atoms. The highest BCUT2D eigenvalue weighted by atomic mass is 35.7. The lowest BCUT2D eigenvalue weighted by molar-refractivity contribution is -0.118. The third-order valence-electron chi connectivity index (χ3n) is 2.83. The van der Waals surface area contributed by atoms with Gasteiger partial charge in [0.15, 0.2) is 0 Å². The maximum absolute atomic E-state index is 11.3. The maximum atomic E-state index is 11.3. The van der Waals surface area contributed by atoms with Crippen molar-refractivity contribution in [2.24, 2.45) is 5.92 Å². The second-order valence-electron chi connectivity index (χ2n) is 4.32. The Labute approximate surface area is 106 Å². The molecule has 1 atom stereocenters. The van der Waals surface area contributed by atoms with Crippen LogP contribution in [0.1, 0.15) is 32.6 Å². The molecule has 4 nitrogen and oxygen atoms in total. The van der Waals surface area contributed by atoms with E-state index in [0.717, 1.165) is 30.4 Å². The van der Waals surface area contributed by atoms with Crippen LogP contribution in [0, 0.1) is 5.92 Å². The minimum atomic E-state index is -3.97. The van der Waals surface area contributed by atoms with Gasteiger partial charge in [-0.15, -0.1) is 0 Å². The van der Waals surface area contributed by atoms with Crippen molar-refractivity contribution in [3.8, 4) is 0 Å². The molecule has 0 spiro atoms. The molecule has 1 aliphatic rings. The summed E-state index contributed by atoms with van der Waals surface area (Å²) in [4.78, 5) is 11.3. The van der Waals surface area contributed by atoms with E-state index in [9.17, 15) is 13.2 Å². The highest BCUT2D eigenvalue weighted by molar-refractivity contribution is 8.12. The summed E-state index contributed by atoms with van der Waals surface area (Å²) in [6.07, 6.45) is 4.71. The molecule has 96 valence electrons. The standard InChI is InChI=1S/C11H16ClNO3S/c1-8(2)10-5-3-9(4-6-10)7-11(14)13-17(12,15)16/h3,10H,1,4-7H2,2H3,(H,13,14). The zero-order valence-corrected chi connectivity index (χ0v) is 11.3. The number of hydrogen-bond acceptors (Lipinski definition) is 3. The van der Waals surface area contributed by atoms with Crippen molar-refractivity contribution in [1.29, 1.82) is 0 Å². The molecule has 0 aromatic heterocycles. The monoisotopic (exact) mass is 277 g/mol. The van der Waals surface area contributed by atoms with Crippen molar-refractivity contribution in [2.45, 2.75) is 32.6 Å². The third kappa shape index (κ3) is 5.37. The van der Waals surface area contributed by atoms with Gasteiger partial charge in [-0.25, -0.2) is 4.72 Å². The van der Waals surface area contributed by atoms with Crippen LogP contribution in [0.4, 0.5) is 0 Å². The van der Waals surface area contributed by atoms with Gasteiger partial charge in [0.05, 0.1) is 0 Å². The first-order valence-electron chi connectivity index (χ1n) is 5.36. The van der Waals surface area contributed by atoms with Crippen LogP contribution in [0.2, 0.25) is 0 Å². The summed E-state index contributed by atoms with van der Waals surface area (Å²) < 4.78 is 23.0. The molecule has 1 amide bonds. The molecule has 0 bridgehead atoms. The largest absolute Gasteiger partial charge is 0.321 e. The molecular weight excluding hydrogens is 262 g/mol. The topological polar surface area (TPSA) is 63.2 Å². The Morgan fingerprint density at radius 3 is 2.71 bits per heavy atom. The first-order chi connectivity index (χ1) is 7.78. The predicted octanol–water partition coefficient (Wildman–Crippen LogP) is 2.28. The number of allylic oxidation sites excluding steroid dienone is 2.